The highest BCUT2D eigenvalue weighted by molar-refractivity contribution is 5.52. The SMILES string of the molecule is Nc1ccc(F)cc1O[C@H]1C[C@@H]2CO[C@H]1C2. The summed E-state index contributed by atoms with van der Waals surface area (Å²) >= 11 is 0. The molecule has 0 spiro atoms. The third kappa shape index (κ3) is 1.63. The molecule has 2 aliphatic rings. The van der Waals surface area contributed by atoms with Crippen molar-refractivity contribution in [1.82, 2.24) is 0 Å². The van der Waals surface area contributed by atoms with Crippen molar-refractivity contribution >= 4 is 5.69 Å². The first-order chi connectivity index (χ1) is 7.72. The van der Waals surface area contributed by atoms with Crippen LogP contribution < -0.4 is 10.5 Å². The fraction of sp³-hybridized carbons (Fsp3) is 0.500. The van der Waals surface area contributed by atoms with Gasteiger partial charge in [-0.2, -0.15) is 0 Å². The zero-order valence-corrected chi connectivity index (χ0v) is 8.86. The normalized spacial score (nSPS) is 31.9. The van der Waals surface area contributed by atoms with Crippen LogP contribution in [0.15, 0.2) is 18.2 Å². The van der Waals surface area contributed by atoms with E-state index in [2.05, 4.69) is 0 Å². The second kappa shape index (κ2) is 3.63. The highest BCUT2D eigenvalue weighted by Gasteiger charge is 2.42. The highest BCUT2D eigenvalue weighted by Crippen LogP contribution is 2.38. The largest absolute Gasteiger partial charge is 0.485 e. The van der Waals surface area contributed by atoms with Crippen molar-refractivity contribution in [2.75, 3.05) is 12.3 Å². The van der Waals surface area contributed by atoms with Crippen LogP contribution in [0.25, 0.3) is 0 Å². The number of halogens is 1. The minimum absolute atomic E-state index is 0.0304. The molecule has 1 aliphatic heterocycles. The Kier molecular flexibility index (Phi) is 2.24. The highest BCUT2D eigenvalue weighted by atomic mass is 19.1. The maximum atomic E-state index is 13.0. The van der Waals surface area contributed by atoms with E-state index in [1.54, 1.807) is 0 Å². The van der Waals surface area contributed by atoms with Gasteiger partial charge in [-0.1, -0.05) is 0 Å². The first-order valence-corrected chi connectivity index (χ1v) is 5.55. The lowest BCUT2D eigenvalue weighted by Gasteiger charge is -2.24. The van der Waals surface area contributed by atoms with Crippen molar-refractivity contribution in [2.45, 2.75) is 25.0 Å². The standard InChI is InChI=1S/C12H14FNO2/c13-8-1-2-9(14)10(5-8)16-12-4-7-3-11(12)15-6-7/h1-2,5,7,11-12H,3-4,6,14H2/t7-,11+,12+/m1/s1. The Bertz CT molecular complexity index is 410. The molecule has 0 unspecified atom stereocenters. The van der Waals surface area contributed by atoms with E-state index in [1.165, 1.54) is 18.2 Å². The molecule has 1 heterocycles. The molecule has 0 aromatic heterocycles. The van der Waals surface area contributed by atoms with Gasteiger partial charge in [-0.05, 0) is 30.9 Å². The van der Waals surface area contributed by atoms with Gasteiger partial charge < -0.3 is 15.2 Å². The predicted molar refractivity (Wildman–Crippen MR) is 57.7 cm³/mol. The van der Waals surface area contributed by atoms with E-state index < -0.39 is 0 Å². The van der Waals surface area contributed by atoms with Gasteiger partial charge in [-0.15, -0.1) is 0 Å². The number of anilines is 1. The van der Waals surface area contributed by atoms with Gasteiger partial charge in [0, 0.05) is 6.07 Å². The van der Waals surface area contributed by atoms with Crippen molar-refractivity contribution in [3.8, 4) is 5.75 Å². The van der Waals surface area contributed by atoms with Gasteiger partial charge in [0.05, 0.1) is 18.4 Å². The smallest absolute Gasteiger partial charge is 0.145 e. The average molecular weight is 223 g/mol. The molecule has 3 atom stereocenters. The molecule has 1 saturated heterocycles. The van der Waals surface area contributed by atoms with E-state index in [1.807, 2.05) is 0 Å². The van der Waals surface area contributed by atoms with E-state index in [0.29, 0.717) is 17.4 Å². The van der Waals surface area contributed by atoms with Crippen LogP contribution >= 0.6 is 0 Å². The lowest BCUT2D eigenvalue weighted by molar-refractivity contribution is -0.0106. The molecule has 1 aromatic rings. The van der Waals surface area contributed by atoms with E-state index in [-0.39, 0.29) is 18.0 Å². The van der Waals surface area contributed by atoms with Crippen molar-refractivity contribution in [1.29, 1.82) is 0 Å². The molecule has 0 amide bonds. The van der Waals surface area contributed by atoms with E-state index in [0.717, 1.165) is 19.4 Å². The first-order valence-electron chi connectivity index (χ1n) is 5.55. The number of benzene rings is 1. The van der Waals surface area contributed by atoms with Crippen molar-refractivity contribution in [2.24, 2.45) is 5.92 Å². The van der Waals surface area contributed by atoms with Gasteiger partial charge in [0.2, 0.25) is 0 Å². The number of hydrogen-bond donors (Lipinski definition) is 1. The molecule has 1 aromatic carbocycles. The molecule has 16 heavy (non-hydrogen) atoms. The fourth-order valence-corrected chi connectivity index (χ4v) is 2.53. The Morgan fingerprint density at radius 1 is 1.38 bits per heavy atom. The zero-order valence-electron chi connectivity index (χ0n) is 8.86. The van der Waals surface area contributed by atoms with Crippen molar-refractivity contribution < 1.29 is 13.9 Å². The molecule has 3 rings (SSSR count). The minimum Gasteiger partial charge on any atom is -0.485 e. The number of ether oxygens (including phenoxy) is 2. The third-order valence-corrected chi connectivity index (χ3v) is 3.35. The summed E-state index contributed by atoms with van der Waals surface area (Å²) in [5.41, 5.74) is 6.21. The Balaban J connectivity index is 1.76. The summed E-state index contributed by atoms with van der Waals surface area (Å²) in [7, 11) is 0. The molecule has 2 fully saturated rings. The Labute approximate surface area is 93.3 Å². The maximum Gasteiger partial charge on any atom is 0.145 e. The molecular weight excluding hydrogens is 209 g/mol. The molecule has 3 nitrogen and oxygen atoms in total. The third-order valence-electron chi connectivity index (χ3n) is 3.35. The Morgan fingerprint density at radius 2 is 2.25 bits per heavy atom. The second-order valence-electron chi connectivity index (χ2n) is 4.55. The fourth-order valence-electron chi connectivity index (χ4n) is 2.53. The van der Waals surface area contributed by atoms with Crippen LogP contribution in [0.4, 0.5) is 10.1 Å². The van der Waals surface area contributed by atoms with Crippen LogP contribution in [0.5, 0.6) is 5.75 Å². The predicted octanol–water partition coefficient (Wildman–Crippen LogP) is 1.96. The van der Waals surface area contributed by atoms with Crippen molar-refractivity contribution in [3.63, 3.8) is 0 Å². The summed E-state index contributed by atoms with van der Waals surface area (Å²) in [6, 6.07) is 4.19. The van der Waals surface area contributed by atoms with Gasteiger partial charge in [0.25, 0.3) is 0 Å². The molecule has 4 heteroatoms. The quantitative estimate of drug-likeness (QED) is 0.779. The molecule has 2 bridgehead atoms. The van der Waals surface area contributed by atoms with Crippen LogP contribution in [0.2, 0.25) is 0 Å². The summed E-state index contributed by atoms with van der Waals surface area (Å²) in [4.78, 5) is 0. The first kappa shape index (κ1) is 9.90. The van der Waals surface area contributed by atoms with Gasteiger partial charge >= 0.3 is 0 Å². The van der Waals surface area contributed by atoms with E-state index >= 15 is 0 Å². The van der Waals surface area contributed by atoms with Crippen LogP contribution in [0.3, 0.4) is 0 Å². The monoisotopic (exact) mass is 223 g/mol. The van der Waals surface area contributed by atoms with E-state index in [9.17, 15) is 4.39 Å². The van der Waals surface area contributed by atoms with Crippen LogP contribution in [-0.2, 0) is 4.74 Å². The Morgan fingerprint density at radius 3 is 2.94 bits per heavy atom. The molecular formula is C12H14FNO2. The van der Waals surface area contributed by atoms with Gasteiger partial charge in [-0.25, -0.2) is 4.39 Å². The molecule has 1 aliphatic carbocycles. The number of nitrogen functional groups attached to an aromatic ring is 1. The molecule has 86 valence electrons. The summed E-state index contributed by atoms with van der Waals surface area (Å²) in [6.07, 6.45) is 2.23. The summed E-state index contributed by atoms with van der Waals surface area (Å²) in [5.74, 6) is 0.708. The van der Waals surface area contributed by atoms with Gasteiger partial charge in [0.1, 0.15) is 17.7 Å². The van der Waals surface area contributed by atoms with Crippen LogP contribution in [0, 0.1) is 11.7 Å². The van der Waals surface area contributed by atoms with Gasteiger partial charge in [0.15, 0.2) is 0 Å². The lowest BCUT2D eigenvalue weighted by atomic mass is 10.1. The lowest BCUT2D eigenvalue weighted by Crippen LogP contribution is -2.30. The van der Waals surface area contributed by atoms with Crippen LogP contribution in [0.1, 0.15) is 12.8 Å². The zero-order chi connectivity index (χ0) is 11.1. The number of fused-ring (bicyclic) bond motifs is 2. The topological polar surface area (TPSA) is 44.5 Å². The van der Waals surface area contributed by atoms with Crippen molar-refractivity contribution in [3.05, 3.63) is 24.0 Å². The second-order valence-corrected chi connectivity index (χ2v) is 4.55. The van der Waals surface area contributed by atoms with E-state index in [4.69, 9.17) is 15.2 Å². The molecule has 0 radical (unpaired) electrons. The minimum atomic E-state index is -0.326. The summed E-state index contributed by atoms with van der Waals surface area (Å²) < 4.78 is 24.3. The molecule has 2 N–H and O–H groups in total. The summed E-state index contributed by atoms with van der Waals surface area (Å²) in [6.45, 7) is 0.836. The number of hydrogen-bond acceptors (Lipinski definition) is 3. The Hall–Kier alpha value is -1.29. The number of nitrogens with two attached hydrogens (primary N) is 1. The van der Waals surface area contributed by atoms with Gasteiger partial charge in [-0.3, -0.25) is 0 Å². The van der Waals surface area contributed by atoms with Crippen LogP contribution in [-0.4, -0.2) is 18.8 Å². The summed E-state index contributed by atoms with van der Waals surface area (Å²) in [5, 5.41) is 0. The maximum absolute atomic E-state index is 13.0. The average Bonchev–Trinajstić information content (AvgIpc) is 2.85. The molecule has 1 saturated carbocycles. The number of rotatable bonds is 2.